The van der Waals surface area contributed by atoms with Crippen LogP contribution in [0.15, 0.2) is 30.5 Å². The van der Waals surface area contributed by atoms with Gasteiger partial charge in [0.1, 0.15) is 0 Å². The van der Waals surface area contributed by atoms with Crippen LogP contribution in [0, 0.1) is 5.92 Å². The zero-order chi connectivity index (χ0) is 18.0. The van der Waals surface area contributed by atoms with Crippen LogP contribution < -0.4 is 0 Å². The fourth-order valence-corrected chi connectivity index (χ4v) is 3.52. The number of para-hydroxylation sites is 1. The first-order chi connectivity index (χ1) is 12.0. The number of amides is 2. The fraction of sp³-hybridized carbons (Fsp3) is 0.500. The number of piperazine rings is 1. The minimum atomic E-state index is 0.146. The van der Waals surface area contributed by atoms with Gasteiger partial charge in [0.05, 0.1) is 6.42 Å². The monoisotopic (exact) mass is 341 g/mol. The molecule has 134 valence electrons. The number of aromatic nitrogens is 1. The van der Waals surface area contributed by atoms with Crippen LogP contribution in [-0.4, -0.2) is 52.4 Å². The summed E-state index contributed by atoms with van der Waals surface area (Å²) in [5.74, 6) is 0.724. The van der Waals surface area contributed by atoms with Gasteiger partial charge >= 0.3 is 0 Å². The second kappa shape index (κ2) is 7.30. The lowest BCUT2D eigenvalue weighted by atomic mass is 10.1. The normalized spacial score (nSPS) is 15.2. The second-order valence-electron chi connectivity index (χ2n) is 7.32. The Hall–Kier alpha value is -2.30. The molecule has 0 radical (unpaired) electrons. The Morgan fingerprint density at radius 1 is 1.00 bits per heavy atom. The Morgan fingerprint density at radius 2 is 1.60 bits per heavy atom. The Balaban J connectivity index is 1.60. The average Bonchev–Trinajstić information content (AvgIpc) is 2.91. The summed E-state index contributed by atoms with van der Waals surface area (Å²) in [4.78, 5) is 28.6. The van der Waals surface area contributed by atoms with Crippen LogP contribution in [0.3, 0.4) is 0 Å². The number of fused-ring (bicyclic) bond motifs is 1. The quantitative estimate of drug-likeness (QED) is 0.857. The molecule has 5 heteroatoms. The number of hydrogen-bond acceptors (Lipinski definition) is 2. The number of rotatable bonds is 4. The first-order valence-electron chi connectivity index (χ1n) is 9.04. The Bertz CT molecular complexity index is 770. The van der Waals surface area contributed by atoms with Crippen molar-refractivity contribution in [2.45, 2.75) is 26.7 Å². The molecule has 2 amide bonds. The first kappa shape index (κ1) is 17.5. The van der Waals surface area contributed by atoms with Crippen molar-refractivity contribution in [3.63, 3.8) is 0 Å². The molecule has 25 heavy (non-hydrogen) atoms. The van der Waals surface area contributed by atoms with Gasteiger partial charge in [-0.05, 0) is 17.5 Å². The summed E-state index contributed by atoms with van der Waals surface area (Å²) < 4.78 is 2.07. The van der Waals surface area contributed by atoms with Gasteiger partial charge in [-0.15, -0.1) is 0 Å². The van der Waals surface area contributed by atoms with Crippen LogP contribution in [0.25, 0.3) is 10.9 Å². The number of benzene rings is 1. The van der Waals surface area contributed by atoms with Crippen molar-refractivity contribution < 1.29 is 9.59 Å². The molecule has 1 aromatic heterocycles. The lowest BCUT2D eigenvalue weighted by Crippen LogP contribution is -2.51. The van der Waals surface area contributed by atoms with Gasteiger partial charge in [0.25, 0.3) is 0 Å². The van der Waals surface area contributed by atoms with E-state index < -0.39 is 0 Å². The molecule has 2 aromatic rings. The number of aryl methyl sites for hydroxylation is 1. The molecule has 1 aromatic carbocycles. The third-order valence-electron chi connectivity index (χ3n) is 4.89. The molecule has 1 aliphatic rings. The van der Waals surface area contributed by atoms with Crippen molar-refractivity contribution in [3.05, 3.63) is 36.0 Å². The lowest BCUT2D eigenvalue weighted by molar-refractivity contribution is -0.139. The van der Waals surface area contributed by atoms with Crippen molar-refractivity contribution in [2.24, 2.45) is 13.0 Å². The van der Waals surface area contributed by atoms with Gasteiger partial charge in [0, 0.05) is 56.7 Å². The first-order valence-corrected chi connectivity index (χ1v) is 9.04. The summed E-state index contributed by atoms with van der Waals surface area (Å²) in [6, 6.07) is 8.17. The Morgan fingerprint density at radius 3 is 2.24 bits per heavy atom. The Labute approximate surface area is 149 Å². The van der Waals surface area contributed by atoms with Gasteiger partial charge in [0.15, 0.2) is 0 Å². The van der Waals surface area contributed by atoms with Crippen molar-refractivity contribution in [3.8, 4) is 0 Å². The molecule has 0 N–H and O–H groups in total. The van der Waals surface area contributed by atoms with Crippen LogP contribution in [0.5, 0.6) is 0 Å². The summed E-state index contributed by atoms with van der Waals surface area (Å²) in [6.07, 6.45) is 3.05. The zero-order valence-electron chi connectivity index (χ0n) is 15.4. The van der Waals surface area contributed by atoms with Crippen molar-refractivity contribution >= 4 is 22.7 Å². The van der Waals surface area contributed by atoms with E-state index >= 15 is 0 Å². The van der Waals surface area contributed by atoms with Gasteiger partial charge < -0.3 is 14.4 Å². The van der Waals surface area contributed by atoms with E-state index in [1.165, 1.54) is 0 Å². The lowest BCUT2D eigenvalue weighted by Gasteiger charge is -2.35. The maximum absolute atomic E-state index is 12.7. The van der Waals surface area contributed by atoms with E-state index in [4.69, 9.17) is 0 Å². The standard InChI is InChI=1S/C20H27N3O2/c1-15(2)12-19(24)22-8-10-23(11-9-22)20(25)13-16-14-21(3)18-7-5-4-6-17(16)18/h4-7,14-15H,8-13H2,1-3H3. The van der Waals surface area contributed by atoms with E-state index in [0.717, 1.165) is 16.5 Å². The van der Waals surface area contributed by atoms with Crippen LogP contribution >= 0.6 is 0 Å². The highest BCUT2D eigenvalue weighted by Crippen LogP contribution is 2.21. The summed E-state index contributed by atoms with van der Waals surface area (Å²) in [5.41, 5.74) is 2.22. The van der Waals surface area contributed by atoms with E-state index in [2.05, 4.69) is 30.5 Å². The van der Waals surface area contributed by atoms with Gasteiger partial charge in [0.2, 0.25) is 11.8 Å². The van der Waals surface area contributed by atoms with Crippen LogP contribution in [0.4, 0.5) is 0 Å². The van der Waals surface area contributed by atoms with Crippen LogP contribution in [-0.2, 0) is 23.1 Å². The van der Waals surface area contributed by atoms with Gasteiger partial charge in [-0.2, -0.15) is 0 Å². The molecule has 0 saturated carbocycles. The molecule has 0 unspecified atom stereocenters. The van der Waals surface area contributed by atoms with Gasteiger partial charge in [-0.1, -0.05) is 32.0 Å². The van der Waals surface area contributed by atoms with Crippen molar-refractivity contribution in [1.82, 2.24) is 14.4 Å². The zero-order valence-corrected chi connectivity index (χ0v) is 15.4. The minimum absolute atomic E-state index is 0.146. The topological polar surface area (TPSA) is 45.6 Å². The molecule has 5 nitrogen and oxygen atoms in total. The Kier molecular flexibility index (Phi) is 5.11. The third kappa shape index (κ3) is 3.86. The molecule has 1 saturated heterocycles. The molecule has 2 heterocycles. The SMILES string of the molecule is CC(C)CC(=O)N1CCN(C(=O)Cc2cn(C)c3ccccc23)CC1. The predicted molar refractivity (Wildman–Crippen MR) is 99.2 cm³/mol. The highest BCUT2D eigenvalue weighted by Gasteiger charge is 2.25. The van der Waals surface area contributed by atoms with Crippen LogP contribution in [0.2, 0.25) is 0 Å². The van der Waals surface area contributed by atoms with E-state index in [1.807, 2.05) is 35.2 Å². The van der Waals surface area contributed by atoms with Crippen molar-refractivity contribution in [1.29, 1.82) is 0 Å². The average molecular weight is 341 g/mol. The molecule has 0 aliphatic carbocycles. The van der Waals surface area contributed by atoms with E-state index in [-0.39, 0.29) is 11.8 Å². The molecule has 0 bridgehead atoms. The molecule has 3 rings (SSSR count). The maximum Gasteiger partial charge on any atom is 0.227 e. The highest BCUT2D eigenvalue weighted by molar-refractivity contribution is 5.89. The van der Waals surface area contributed by atoms with E-state index in [0.29, 0.717) is 44.9 Å². The molecule has 0 spiro atoms. The molecule has 1 fully saturated rings. The molecular weight excluding hydrogens is 314 g/mol. The number of hydrogen-bond donors (Lipinski definition) is 0. The second-order valence-corrected chi connectivity index (χ2v) is 7.32. The third-order valence-corrected chi connectivity index (χ3v) is 4.89. The summed E-state index contributed by atoms with van der Waals surface area (Å²) in [5, 5.41) is 1.14. The summed E-state index contributed by atoms with van der Waals surface area (Å²) in [6.45, 7) is 6.67. The number of carbonyl (C=O) groups excluding carboxylic acids is 2. The van der Waals surface area contributed by atoms with Crippen molar-refractivity contribution in [2.75, 3.05) is 26.2 Å². The maximum atomic E-state index is 12.7. The fourth-order valence-electron chi connectivity index (χ4n) is 3.52. The largest absolute Gasteiger partial charge is 0.350 e. The summed E-state index contributed by atoms with van der Waals surface area (Å²) in [7, 11) is 2.01. The molecule has 0 atom stereocenters. The summed E-state index contributed by atoms with van der Waals surface area (Å²) >= 11 is 0. The molecular formula is C20H27N3O2. The van der Waals surface area contributed by atoms with E-state index in [9.17, 15) is 9.59 Å². The number of nitrogens with zero attached hydrogens (tertiary/aromatic N) is 3. The van der Waals surface area contributed by atoms with Gasteiger partial charge in [-0.3, -0.25) is 9.59 Å². The molecule has 1 aliphatic heterocycles. The highest BCUT2D eigenvalue weighted by atomic mass is 16.2. The smallest absolute Gasteiger partial charge is 0.227 e. The van der Waals surface area contributed by atoms with E-state index in [1.54, 1.807) is 0 Å². The van der Waals surface area contributed by atoms with Crippen LogP contribution in [0.1, 0.15) is 25.8 Å². The number of carbonyl (C=O) groups is 2. The minimum Gasteiger partial charge on any atom is -0.350 e. The van der Waals surface area contributed by atoms with Gasteiger partial charge in [-0.25, -0.2) is 0 Å². The predicted octanol–water partition coefficient (Wildman–Crippen LogP) is 2.44.